The van der Waals surface area contributed by atoms with Gasteiger partial charge in [-0.25, -0.2) is 0 Å². The van der Waals surface area contributed by atoms with E-state index in [-0.39, 0.29) is 11.8 Å². The number of nitrogens with one attached hydrogen (secondary N) is 2. The topological polar surface area (TPSA) is 90.9 Å². The van der Waals surface area contributed by atoms with Gasteiger partial charge in [0.1, 0.15) is 11.8 Å². The van der Waals surface area contributed by atoms with Gasteiger partial charge in [0.25, 0.3) is 0 Å². The van der Waals surface area contributed by atoms with E-state index in [1.807, 2.05) is 24.3 Å². The summed E-state index contributed by atoms with van der Waals surface area (Å²) in [5, 5.41) is 17.6. The van der Waals surface area contributed by atoms with Crippen molar-refractivity contribution in [3.05, 3.63) is 65.2 Å². The second kappa shape index (κ2) is 14.9. The molecule has 208 valence electrons. The first-order valence-corrected chi connectivity index (χ1v) is 14.0. The Morgan fingerprint density at radius 3 is 2.63 bits per heavy atom. The largest absolute Gasteiger partial charge is 0.494 e. The number of carbonyl (C=O) groups is 2. The third kappa shape index (κ3) is 9.14. The summed E-state index contributed by atoms with van der Waals surface area (Å²) in [5.41, 5.74) is 3.40. The number of benzene rings is 2. The molecule has 38 heavy (non-hydrogen) atoms. The highest BCUT2D eigenvalue weighted by Gasteiger charge is 2.27. The molecule has 0 radical (unpaired) electrons. The third-order valence-corrected chi connectivity index (χ3v) is 7.35. The third-order valence-electron chi connectivity index (χ3n) is 7.35. The Labute approximate surface area is 228 Å². The van der Waals surface area contributed by atoms with Gasteiger partial charge in [-0.1, -0.05) is 63.1 Å². The Bertz CT molecular complexity index is 1040. The molecule has 1 aliphatic rings. The van der Waals surface area contributed by atoms with E-state index in [1.165, 1.54) is 10.5 Å². The van der Waals surface area contributed by atoms with E-state index in [0.717, 1.165) is 42.6 Å². The quantitative estimate of drug-likeness (QED) is 0.529. The minimum absolute atomic E-state index is 0.0396. The Morgan fingerprint density at radius 1 is 1.08 bits per heavy atom. The summed E-state index contributed by atoms with van der Waals surface area (Å²) in [6.45, 7) is 7.64. The van der Waals surface area contributed by atoms with Crippen LogP contribution >= 0.6 is 0 Å². The van der Waals surface area contributed by atoms with Gasteiger partial charge in [-0.15, -0.1) is 0 Å². The number of fused-ring (bicyclic) bond motifs is 2. The van der Waals surface area contributed by atoms with Crippen molar-refractivity contribution in [3.63, 3.8) is 0 Å². The zero-order chi connectivity index (χ0) is 27.5. The van der Waals surface area contributed by atoms with Crippen molar-refractivity contribution < 1.29 is 19.4 Å². The molecule has 0 aliphatic carbocycles. The molecule has 2 aromatic carbocycles. The molecule has 0 fully saturated rings. The fraction of sp³-hybridized carbons (Fsp3) is 0.548. The minimum Gasteiger partial charge on any atom is -0.494 e. The van der Waals surface area contributed by atoms with Crippen LogP contribution < -0.4 is 15.4 Å². The Hall–Kier alpha value is -2.90. The van der Waals surface area contributed by atoms with Gasteiger partial charge in [0.15, 0.2) is 0 Å². The number of hydrogen-bond acceptors (Lipinski definition) is 5. The number of carbonyl (C=O) groups excluding carboxylic acids is 2. The van der Waals surface area contributed by atoms with Gasteiger partial charge in [0.05, 0.1) is 18.8 Å². The number of aliphatic hydroxyl groups excluding tert-OH is 1. The fourth-order valence-electron chi connectivity index (χ4n) is 4.66. The van der Waals surface area contributed by atoms with Gasteiger partial charge in [-0.05, 0) is 60.9 Å². The van der Waals surface area contributed by atoms with Gasteiger partial charge < -0.3 is 25.4 Å². The van der Waals surface area contributed by atoms with Crippen molar-refractivity contribution in [2.45, 2.75) is 89.9 Å². The maximum atomic E-state index is 13.2. The monoisotopic (exact) mass is 523 g/mol. The molecule has 2 bridgehead atoms. The van der Waals surface area contributed by atoms with Crippen molar-refractivity contribution in [3.8, 4) is 5.75 Å². The van der Waals surface area contributed by atoms with E-state index < -0.39 is 18.2 Å². The standard InChI is InChI=1S/C31H45N3O4/c1-22(2)26-13-9-12-25(17-26)20-32-21-29(35)28-19-24-11-10-14-27(18-24)38-16-8-6-5-7-15-30(36)34(4)23(3)31(37)33-28/h9-14,17-18,22-23,28-29,32,35H,5-8,15-16,19-21H2,1-4H3,(H,33,37)/t23-,28-,29+/m0/s1. The van der Waals surface area contributed by atoms with Gasteiger partial charge in [0, 0.05) is 26.6 Å². The lowest BCUT2D eigenvalue weighted by molar-refractivity contribution is -0.139. The van der Waals surface area contributed by atoms with Gasteiger partial charge in [-0.2, -0.15) is 0 Å². The highest BCUT2D eigenvalue weighted by atomic mass is 16.5. The van der Waals surface area contributed by atoms with Crippen LogP contribution in [0.25, 0.3) is 0 Å². The first kappa shape index (κ1) is 29.7. The molecule has 0 saturated heterocycles. The Morgan fingerprint density at radius 2 is 1.84 bits per heavy atom. The summed E-state index contributed by atoms with van der Waals surface area (Å²) in [6, 6.07) is 15.1. The normalized spacial score (nSPS) is 20.9. The maximum absolute atomic E-state index is 13.2. The molecule has 0 unspecified atom stereocenters. The van der Waals surface area contributed by atoms with Crippen molar-refractivity contribution >= 4 is 11.8 Å². The molecule has 2 aromatic rings. The Balaban J connectivity index is 1.73. The van der Waals surface area contributed by atoms with E-state index in [2.05, 4.69) is 48.7 Å². The van der Waals surface area contributed by atoms with Crippen LogP contribution in [0.1, 0.15) is 75.5 Å². The van der Waals surface area contributed by atoms with Crippen LogP contribution in [-0.2, 0) is 22.6 Å². The number of aliphatic hydroxyl groups is 1. The van der Waals surface area contributed by atoms with Crippen LogP contribution in [0, 0.1) is 0 Å². The van der Waals surface area contributed by atoms with Crippen LogP contribution in [0.15, 0.2) is 48.5 Å². The molecule has 3 rings (SSSR count). The van der Waals surface area contributed by atoms with Gasteiger partial charge in [0.2, 0.25) is 11.8 Å². The SMILES string of the molecule is CC(C)c1cccc(CNC[C@@H](O)[C@@H]2Cc3cccc(c3)OCCCCCCC(=O)N(C)[C@@H](C)C(=O)N2)c1. The van der Waals surface area contributed by atoms with E-state index in [9.17, 15) is 14.7 Å². The number of nitrogens with zero attached hydrogens (tertiary/aromatic N) is 1. The number of hydrogen-bond donors (Lipinski definition) is 3. The zero-order valence-electron chi connectivity index (χ0n) is 23.4. The molecule has 2 amide bonds. The van der Waals surface area contributed by atoms with E-state index in [1.54, 1.807) is 14.0 Å². The number of ether oxygens (including phenoxy) is 1. The molecular formula is C31H45N3O4. The van der Waals surface area contributed by atoms with Crippen molar-refractivity contribution in [2.24, 2.45) is 0 Å². The lowest BCUT2D eigenvalue weighted by atomic mass is 9.99. The molecule has 0 saturated carbocycles. The minimum atomic E-state index is -0.827. The van der Waals surface area contributed by atoms with Crippen LogP contribution in [0.4, 0.5) is 0 Å². The van der Waals surface area contributed by atoms with Crippen molar-refractivity contribution in [1.29, 1.82) is 0 Å². The van der Waals surface area contributed by atoms with E-state index in [4.69, 9.17) is 4.74 Å². The summed E-state index contributed by atoms with van der Waals surface area (Å²) >= 11 is 0. The molecule has 1 aliphatic heterocycles. The molecule has 3 atom stereocenters. The van der Waals surface area contributed by atoms with Crippen LogP contribution in [-0.4, -0.2) is 60.2 Å². The summed E-state index contributed by atoms with van der Waals surface area (Å²) in [5.74, 6) is 0.927. The average Bonchev–Trinajstić information content (AvgIpc) is 2.91. The highest BCUT2D eigenvalue weighted by molar-refractivity contribution is 5.87. The molecule has 7 heteroatoms. The molecule has 0 aromatic heterocycles. The van der Waals surface area contributed by atoms with Gasteiger partial charge in [-0.3, -0.25) is 9.59 Å². The molecule has 3 N–H and O–H groups in total. The fourth-order valence-corrected chi connectivity index (χ4v) is 4.66. The smallest absolute Gasteiger partial charge is 0.242 e. The number of amides is 2. The van der Waals surface area contributed by atoms with Gasteiger partial charge >= 0.3 is 0 Å². The summed E-state index contributed by atoms with van der Waals surface area (Å²) in [4.78, 5) is 27.4. The maximum Gasteiger partial charge on any atom is 0.242 e. The lowest BCUT2D eigenvalue weighted by Crippen LogP contribution is -2.54. The number of rotatable bonds is 6. The summed E-state index contributed by atoms with van der Waals surface area (Å²) in [6.07, 6.45) is 3.70. The Kier molecular flexibility index (Phi) is 11.6. The summed E-state index contributed by atoms with van der Waals surface area (Å²) < 4.78 is 5.95. The predicted molar refractivity (Wildman–Crippen MR) is 151 cm³/mol. The molecule has 0 spiro atoms. The summed E-state index contributed by atoms with van der Waals surface area (Å²) in [7, 11) is 1.68. The average molecular weight is 524 g/mol. The van der Waals surface area contributed by atoms with Crippen LogP contribution in [0.2, 0.25) is 0 Å². The first-order valence-electron chi connectivity index (χ1n) is 14.0. The molecular weight excluding hydrogens is 478 g/mol. The zero-order valence-corrected chi connectivity index (χ0v) is 23.4. The molecule has 7 nitrogen and oxygen atoms in total. The lowest BCUT2D eigenvalue weighted by Gasteiger charge is -2.29. The van der Waals surface area contributed by atoms with Crippen LogP contribution in [0.5, 0.6) is 5.75 Å². The van der Waals surface area contributed by atoms with E-state index in [0.29, 0.717) is 38.5 Å². The van der Waals surface area contributed by atoms with Crippen molar-refractivity contribution in [1.82, 2.24) is 15.5 Å². The number of likely N-dealkylation sites (N-methyl/N-ethyl adjacent to an activating group) is 1. The second-order valence-electron chi connectivity index (χ2n) is 10.8. The van der Waals surface area contributed by atoms with E-state index >= 15 is 0 Å². The first-order chi connectivity index (χ1) is 18.2. The highest BCUT2D eigenvalue weighted by Crippen LogP contribution is 2.18. The molecule has 1 heterocycles. The van der Waals surface area contributed by atoms with Crippen molar-refractivity contribution in [2.75, 3.05) is 20.2 Å². The second-order valence-corrected chi connectivity index (χ2v) is 10.8. The van der Waals surface area contributed by atoms with Crippen LogP contribution in [0.3, 0.4) is 0 Å². The predicted octanol–water partition coefficient (Wildman–Crippen LogP) is 4.18.